The lowest BCUT2D eigenvalue weighted by Crippen LogP contribution is -2.35. The van der Waals surface area contributed by atoms with E-state index in [2.05, 4.69) is 0 Å². The number of para-hydroxylation sites is 1. The topological polar surface area (TPSA) is 99.5 Å². The van der Waals surface area contributed by atoms with E-state index in [1.54, 1.807) is 30.3 Å². The number of methoxy groups -OCH3 is 2. The molecule has 1 saturated heterocycles. The number of nitrogens with zero attached hydrogens (tertiary/aromatic N) is 2. The van der Waals surface area contributed by atoms with Crippen LogP contribution in [0.1, 0.15) is 17.2 Å². The third-order valence-corrected chi connectivity index (χ3v) is 5.22. The molecule has 31 heavy (non-hydrogen) atoms. The van der Waals surface area contributed by atoms with Crippen LogP contribution >= 0.6 is 0 Å². The summed E-state index contributed by atoms with van der Waals surface area (Å²) < 4.78 is 10.5. The molecule has 0 bridgehead atoms. The average molecular weight is 426 g/mol. The normalized spacial score (nSPS) is 18.0. The third-order valence-electron chi connectivity index (χ3n) is 5.22. The SMILES string of the molecule is COc1ccc(C(O)=C2C(=O)C(=O)N(CCN(C)C)[C@H]2c2ccccc2OC)c(O)c1. The van der Waals surface area contributed by atoms with Crippen LogP contribution in [0.2, 0.25) is 0 Å². The Balaban J connectivity index is 2.21. The Morgan fingerprint density at radius 3 is 2.42 bits per heavy atom. The van der Waals surface area contributed by atoms with E-state index >= 15 is 0 Å². The number of ether oxygens (including phenoxy) is 2. The Labute approximate surface area is 180 Å². The van der Waals surface area contributed by atoms with Gasteiger partial charge in [0, 0.05) is 24.7 Å². The van der Waals surface area contributed by atoms with Crippen LogP contribution in [0.4, 0.5) is 0 Å². The van der Waals surface area contributed by atoms with Gasteiger partial charge in [-0.25, -0.2) is 0 Å². The van der Waals surface area contributed by atoms with E-state index in [9.17, 15) is 19.8 Å². The van der Waals surface area contributed by atoms with E-state index in [1.165, 1.54) is 31.3 Å². The molecule has 0 aliphatic carbocycles. The fourth-order valence-electron chi connectivity index (χ4n) is 3.62. The molecule has 8 nitrogen and oxygen atoms in total. The van der Waals surface area contributed by atoms with Gasteiger partial charge in [-0.1, -0.05) is 18.2 Å². The summed E-state index contributed by atoms with van der Waals surface area (Å²) in [5, 5.41) is 21.5. The number of aliphatic hydroxyl groups is 1. The first-order valence-corrected chi connectivity index (χ1v) is 9.73. The number of Topliss-reactive ketones (excluding diaryl/α,β-unsaturated/α-hetero) is 1. The van der Waals surface area contributed by atoms with Gasteiger partial charge in [-0.2, -0.15) is 0 Å². The monoisotopic (exact) mass is 426 g/mol. The first kappa shape index (κ1) is 22.2. The van der Waals surface area contributed by atoms with Gasteiger partial charge in [0.05, 0.1) is 31.4 Å². The Morgan fingerprint density at radius 2 is 1.81 bits per heavy atom. The molecular weight excluding hydrogens is 400 g/mol. The Bertz CT molecular complexity index is 1030. The van der Waals surface area contributed by atoms with Crippen molar-refractivity contribution >= 4 is 17.4 Å². The molecule has 1 aliphatic rings. The Kier molecular flexibility index (Phi) is 6.50. The van der Waals surface area contributed by atoms with Crippen molar-refractivity contribution in [1.82, 2.24) is 9.80 Å². The summed E-state index contributed by atoms with van der Waals surface area (Å²) in [6, 6.07) is 10.5. The highest BCUT2D eigenvalue weighted by atomic mass is 16.5. The molecule has 164 valence electrons. The number of likely N-dealkylation sites (N-methyl/N-ethyl adjacent to an activating group) is 1. The number of ketones is 1. The molecule has 2 aromatic rings. The standard InChI is InChI=1S/C23H26N2O6/c1-24(2)11-12-25-20(16-7-5-6-8-18(16)31-4)19(22(28)23(25)29)21(27)15-10-9-14(30-3)13-17(15)26/h5-10,13,20,26-27H,11-12H2,1-4H3/t20-/m0/s1. The molecule has 0 aromatic heterocycles. The molecule has 1 aliphatic heterocycles. The maximum absolute atomic E-state index is 13.0. The molecule has 1 fully saturated rings. The van der Waals surface area contributed by atoms with Crippen LogP contribution in [0, 0.1) is 0 Å². The minimum Gasteiger partial charge on any atom is -0.507 e. The fourth-order valence-corrected chi connectivity index (χ4v) is 3.62. The van der Waals surface area contributed by atoms with Crippen LogP contribution in [0.25, 0.3) is 5.76 Å². The van der Waals surface area contributed by atoms with Crippen molar-refractivity contribution in [3.8, 4) is 17.2 Å². The number of benzene rings is 2. The van der Waals surface area contributed by atoms with Crippen molar-refractivity contribution < 1.29 is 29.3 Å². The highest BCUT2D eigenvalue weighted by molar-refractivity contribution is 6.46. The summed E-state index contributed by atoms with van der Waals surface area (Å²) in [6.45, 7) is 0.790. The molecule has 0 spiro atoms. The van der Waals surface area contributed by atoms with Gasteiger partial charge in [-0.15, -0.1) is 0 Å². The van der Waals surface area contributed by atoms with E-state index in [-0.39, 0.29) is 23.4 Å². The highest BCUT2D eigenvalue weighted by Crippen LogP contribution is 2.43. The zero-order valence-corrected chi connectivity index (χ0v) is 18.0. The molecule has 2 N–H and O–H groups in total. The number of likely N-dealkylation sites (tertiary alicyclic amines) is 1. The Morgan fingerprint density at radius 1 is 1.10 bits per heavy atom. The van der Waals surface area contributed by atoms with Crippen molar-refractivity contribution in [2.75, 3.05) is 41.4 Å². The predicted octanol–water partition coefficient (Wildman–Crippen LogP) is 2.39. The molecular formula is C23H26N2O6. The lowest BCUT2D eigenvalue weighted by atomic mass is 9.94. The Hall–Kier alpha value is -3.52. The van der Waals surface area contributed by atoms with E-state index in [1.807, 2.05) is 19.0 Å². The average Bonchev–Trinajstić information content (AvgIpc) is 3.01. The molecule has 3 rings (SSSR count). The minimum atomic E-state index is -0.863. The number of amides is 1. The highest BCUT2D eigenvalue weighted by Gasteiger charge is 2.47. The van der Waals surface area contributed by atoms with Crippen molar-refractivity contribution in [3.63, 3.8) is 0 Å². The molecule has 8 heteroatoms. The first-order chi connectivity index (χ1) is 14.8. The molecule has 1 heterocycles. The van der Waals surface area contributed by atoms with E-state index < -0.39 is 23.5 Å². The second-order valence-corrected chi connectivity index (χ2v) is 7.42. The van der Waals surface area contributed by atoms with Gasteiger partial charge in [0.15, 0.2) is 0 Å². The van der Waals surface area contributed by atoms with Crippen LogP contribution in [0.3, 0.4) is 0 Å². The van der Waals surface area contributed by atoms with Crippen molar-refractivity contribution in [3.05, 3.63) is 59.2 Å². The molecule has 1 atom stereocenters. The second-order valence-electron chi connectivity index (χ2n) is 7.42. The van der Waals surface area contributed by atoms with Crippen LogP contribution < -0.4 is 9.47 Å². The molecule has 0 radical (unpaired) electrons. The number of rotatable bonds is 7. The van der Waals surface area contributed by atoms with Gasteiger partial charge in [0.25, 0.3) is 11.7 Å². The summed E-state index contributed by atoms with van der Waals surface area (Å²) >= 11 is 0. The number of phenols is 1. The molecule has 0 saturated carbocycles. The number of aromatic hydroxyl groups is 1. The van der Waals surface area contributed by atoms with Gasteiger partial charge in [-0.3, -0.25) is 9.59 Å². The van der Waals surface area contributed by atoms with E-state index in [4.69, 9.17) is 9.47 Å². The van der Waals surface area contributed by atoms with E-state index in [0.717, 1.165) is 0 Å². The zero-order chi connectivity index (χ0) is 22.7. The van der Waals surface area contributed by atoms with Crippen LogP contribution in [-0.2, 0) is 9.59 Å². The van der Waals surface area contributed by atoms with Crippen molar-refractivity contribution in [2.45, 2.75) is 6.04 Å². The predicted molar refractivity (Wildman–Crippen MR) is 115 cm³/mol. The van der Waals surface area contributed by atoms with Crippen LogP contribution in [0.5, 0.6) is 17.2 Å². The number of hydrogen-bond donors (Lipinski definition) is 2. The summed E-state index contributed by atoms with van der Waals surface area (Å²) in [6.07, 6.45) is 0. The second kappa shape index (κ2) is 9.09. The zero-order valence-electron chi connectivity index (χ0n) is 18.0. The minimum absolute atomic E-state index is 0.0336. The maximum Gasteiger partial charge on any atom is 0.295 e. The maximum atomic E-state index is 13.0. The van der Waals surface area contributed by atoms with Crippen LogP contribution in [-0.4, -0.2) is 73.1 Å². The lowest BCUT2D eigenvalue weighted by Gasteiger charge is -2.27. The lowest BCUT2D eigenvalue weighted by molar-refractivity contribution is -0.140. The quantitative estimate of drug-likeness (QED) is 0.398. The summed E-state index contributed by atoms with van der Waals surface area (Å²) in [4.78, 5) is 29.3. The number of aliphatic hydroxyl groups excluding tert-OH is 1. The summed E-state index contributed by atoms with van der Waals surface area (Å²) in [5.74, 6) is -1.39. The molecule has 2 aromatic carbocycles. The van der Waals surface area contributed by atoms with Gasteiger partial charge in [-0.05, 0) is 32.3 Å². The largest absolute Gasteiger partial charge is 0.507 e. The van der Waals surface area contributed by atoms with Crippen molar-refractivity contribution in [2.24, 2.45) is 0 Å². The van der Waals surface area contributed by atoms with Gasteiger partial charge < -0.3 is 29.5 Å². The summed E-state index contributed by atoms with van der Waals surface area (Å²) in [5.41, 5.74) is 0.498. The van der Waals surface area contributed by atoms with E-state index in [0.29, 0.717) is 23.6 Å². The third kappa shape index (κ3) is 4.20. The van der Waals surface area contributed by atoms with Gasteiger partial charge >= 0.3 is 0 Å². The first-order valence-electron chi connectivity index (χ1n) is 9.73. The molecule has 1 amide bonds. The number of carbonyl (C=O) groups is 2. The van der Waals surface area contributed by atoms with Crippen molar-refractivity contribution in [1.29, 1.82) is 0 Å². The number of carbonyl (C=O) groups excluding carboxylic acids is 2. The van der Waals surface area contributed by atoms with Gasteiger partial charge in [0.2, 0.25) is 0 Å². The van der Waals surface area contributed by atoms with Gasteiger partial charge in [0.1, 0.15) is 23.0 Å². The fraction of sp³-hybridized carbons (Fsp3) is 0.304. The van der Waals surface area contributed by atoms with Crippen LogP contribution in [0.15, 0.2) is 48.0 Å². The summed E-state index contributed by atoms with van der Waals surface area (Å²) in [7, 11) is 6.68. The number of hydrogen-bond acceptors (Lipinski definition) is 7. The molecule has 0 unspecified atom stereocenters. The number of phenolic OH excluding ortho intramolecular Hbond substituents is 1. The smallest absolute Gasteiger partial charge is 0.295 e.